The Balaban J connectivity index is 1.53. The molecule has 0 saturated carbocycles. The average Bonchev–Trinajstić information content (AvgIpc) is 3.27. The number of aryl methyl sites for hydroxylation is 1. The van der Waals surface area contributed by atoms with Crippen LogP contribution in [0.25, 0.3) is 0 Å². The molecule has 0 bridgehead atoms. The second kappa shape index (κ2) is 9.34. The largest absolute Gasteiger partial charge is 0.493 e. The number of aromatic nitrogens is 1. The molecule has 1 unspecified atom stereocenters. The molecule has 30 heavy (non-hydrogen) atoms. The first-order chi connectivity index (χ1) is 14.4. The lowest BCUT2D eigenvalue weighted by atomic mass is 10.1. The number of nitrogens with one attached hydrogen (secondary N) is 2. The van der Waals surface area contributed by atoms with Crippen molar-refractivity contribution < 1.29 is 23.9 Å². The maximum atomic E-state index is 12.7. The Morgan fingerprint density at radius 1 is 1.17 bits per heavy atom. The third-order valence-electron chi connectivity index (χ3n) is 5.07. The lowest BCUT2D eigenvalue weighted by molar-refractivity contribution is -0.128. The van der Waals surface area contributed by atoms with E-state index in [2.05, 4.69) is 10.6 Å². The quantitative estimate of drug-likeness (QED) is 0.607. The van der Waals surface area contributed by atoms with Gasteiger partial charge in [-0.1, -0.05) is 6.07 Å². The Kier molecular flexibility index (Phi) is 6.61. The Morgan fingerprint density at radius 3 is 2.60 bits per heavy atom. The summed E-state index contributed by atoms with van der Waals surface area (Å²) in [7, 11) is 4.96. The molecule has 2 N–H and O–H groups in total. The van der Waals surface area contributed by atoms with Gasteiger partial charge in [-0.25, -0.2) is 4.79 Å². The van der Waals surface area contributed by atoms with Gasteiger partial charge >= 0.3 is 6.03 Å². The van der Waals surface area contributed by atoms with E-state index in [4.69, 9.17) is 9.47 Å². The zero-order chi connectivity index (χ0) is 21.7. The van der Waals surface area contributed by atoms with Gasteiger partial charge in [-0.05, 0) is 36.2 Å². The second-order valence-corrected chi connectivity index (χ2v) is 7.04. The molecule has 0 aliphatic carbocycles. The van der Waals surface area contributed by atoms with Crippen LogP contribution in [-0.4, -0.2) is 47.6 Å². The molecule has 9 nitrogen and oxygen atoms in total. The van der Waals surface area contributed by atoms with E-state index < -0.39 is 12.1 Å². The first-order valence-electron chi connectivity index (χ1n) is 9.62. The van der Waals surface area contributed by atoms with Crippen LogP contribution in [-0.2, 0) is 29.7 Å². The molecule has 0 spiro atoms. The number of ether oxygens (including phenoxy) is 2. The summed E-state index contributed by atoms with van der Waals surface area (Å²) >= 11 is 0. The highest BCUT2D eigenvalue weighted by molar-refractivity contribution is 6.04. The van der Waals surface area contributed by atoms with Crippen molar-refractivity contribution in [3.63, 3.8) is 0 Å². The maximum Gasteiger partial charge on any atom is 0.325 e. The minimum absolute atomic E-state index is 0.112. The van der Waals surface area contributed by atoms with Crippen LogP contribution < -0.4 is 20.1 Å². The van der Waals surface area contributed by atoms with E-state index >= 15 is 0 Å². The number of hydrogen-bond acceptors (Lipinski definition) is 5. The average molecular weight is 414 g/mol. The Bertz CT molecular complexity index is 939. The molecule has 1 saturated heterocycles. The molecule has 1 aliphatic rings. The van der Waals surface area contributed by atoms with Crippen LogP contribution in [0.5, 0.6) is 11.5 Å². The topological polar surface area (TPSA) is 102 Å². The summed E-state index contributed by atoms with van der Waals surface area (Å²) in [6, 6.07) is 7.87. The van der Waals surface area contributed by atoms with E-state index in [9.17, 15) is 14.4 Å². The van der Waals surface area contributed by atoms with Crippen LogP contribution in [0.3, 0.4) is 0 Å². The fourth-order valence-electron chi connectivity index (χ4n) is 3.32. The van der Waals surface area contributed by atoms with Gasteiger partial charge in [-0.2, -0.15) is 0 Å². The van der Waals surface area contributed by atoms with Crippen molar-refractivity contribution in [2.75, 3.05) is 14.2 Å². The molecule has 1 aromatic carbocycles. The first kappa shape index (κ1) is 21.2. The molecule has 4 amide bonds. The predicted molar refractivity (Wildman–Crippen MR) is 109 cm³/mol. The van der Waals surface area contributed by atoms with Crippen molar-refractivity contribution in [3.05, 3.63) is 47.8 Å². The summed E-state index contributed by atoms with van der Waals surface area (Å²) in [4.78, 5) is 38.2. The normalized spacial score (nSPS) is 15.8. The molecule has 0 radical (unpaired) electrons. The Labute approximate surface area is 174 Å². The van der Waals surface area contributed by atoms with Gasteiger partial charge in [0.2, 0.25) is 5.91 Å². The number of hydrogen-bond donors (Lipinski definition) is 2. The van der Waals surface area contributed by atoms with Crippen LogP contribution in [0.1, 0.15) is 24.1 Å². The van der Waals surface area contributed by atoms with Gasteiger partial charge in [0, 0.05) is 25.4 Å². The highest BCUT2D eigenvalue weighted by Gasteiger charge is 2.37. The molecule has 9 heteroatoms. The van der Waals surface area contributed by atoms with Gasteiger partial charge in [0.15, 0.2) is 11.5 Å². The van der Waals surface area contributed by atoms with Crippen molar-refractivity contribution in [1.82, 2.24) is 20.1 Å². The summed E-state index contributed by atoms with van der Waals surface area (Å²) in [6.07, 6.45) is 2.29. The zero-order valence-corrected chi connectivity index (χ0v) is 17.3. The molecular weight excluding hydrogens is 388 g/mol. The highest BCUT2D eigenvalue weighted by atomic mass is 16.5. The number of amides is 4. The smallest absolute Gasteiger partial charge is 0.325 e. The Hall–Kier alpha value is -3.49. The maximum absolute atomic E-state index is 12.7. The minimum Gasteiger partial charge on any atom is -0.493 e. The van der Waals surface area contributed by atoms with Crippen molar-refractivity contribution in [2.24, 2.45) is 7.05 Å². The van der Waals surface area contributed by atoms with E-state index in [-0.39, 0.29) is 31.2 Å². The third kappa shape index (κ3) is 4.73. The lowest BCUT2D eigenvalue weighted by Gasteiger charge is -2.15. The number of carbonyl (C=O) groups is 3. The van der Waals surface area contributed by atoms with Gasteiger partial charge in [0.1, 0.15) is 6.04 Å². The number of benzene rings is 1. The van der Waals surface area contributed by atoms with E-state index in [1.807, 2.05) is 29.9 Å². The molecular formula is C21H26N4O5. The van der Waals surface area contributed by atoms with Crippen molar-refractivity contribution in [2.45, 2.75) is 32.0 Å². The van der Waals surface area contributed by atoms with E-state index in [1.54, 1.807) is 18.2 Å². The number of nitrogens with zero attached hydrogens (tertiary/aromatic N) is 2. The standard InChI is InChI=1S/C21H26N4O5/c1-24-10-4-5-15(24)12-22-19(26)9-7-16-20(27)25(21(28)23-16)13-14-6-8-17(29-2)18(11-14)30-3/h4-6,8,10-11,16H,7,9,12-13H2,1-3H3,(H,22,26)(H,23,28). The number of urea groups is 1. The predicted octanol–water partition coefficient (Wildman–Crippen LogP) is 1.56. The molecule has 1 aliphatic heterocycles. The monoisotopic (exact) mass is 414 g/mol. The fourth-order valence-corrected chi connectivity index (χ4v) is 3.32. The van der Waals surface area contributed by atoms with Crippen molar-refractivity contribution in [3.8, 4) is 11.5 Å². The number of rotatable bonds is 9. The summed E-state index contributed by atoms with van der Waals surface area (Å²) in [5, 5.41) is 5.48. The number of imide groups is 1. The van der Waals surface area contributed by atoms with Crippen molar-refractivity contribution in [1.29, 1.82) is 0 Å². The van der Waals surface area contributed by atoms with Gasteiger partial charge in [-0.3, -0.25) is 14.5 Å². The van der Waals surface area contributed by atoms with Crippen LogP contribution >= 0.6 is 0 Å². The van der Waals surface area contributed by atoms with E-state index in [0.29, 0.717) is 18.0 Å². The summed E-state index contributed by atoms with van der Waals surface area (Å²) < 4.78 is 12.4. The van der Waals surface area contributed by atoms with Gasteiger partial charge < -0.3 is 24.7 Å². The summed E-state index contributed by atoms with van der Waals surface area (Å²) in [5.74, 6) is 0.577. The SMILES string of the molecule is COc1ccc(CN2C(=O)NC(CCC(=O)NCc3cccn3C)C2=O)cc1OC. The molecule has 1 fully saturated rings. The lowest BCUT2D eigenvalue weighted by Crippen LogP contribution is -2.32. The van der Waals surface area contributed by atoms with Crippen molar-refractivity contribution >= 4 is 17.8 Å². The highest BCUT2D eigenvalue weighted by Crippen LogP contribution is 2.28. The third-order valence-corrected chi connectivity index (χ3v) is 5.07. The van der Waals surface area contributed by atoms with Gasteiger partial charge in [-0.15, -0.1) is 0 Å². The molecule has 1 atom stereocenters. The number of carbonyl (C=O) groups excluding carboxylic acids is 3. The number of methoxy groups -OCH3 is 2. The second-order valence-electron chi connectivity index (χ2n) is 7.04. The molecule has 3 rings (SSSR count). The molecule has 2 heterocycles. The Morgan fingerprint density at radius 2 is 1.93 bits per heavy atom. The van der Waals surface area contributed by atoms with E-state index in [0.717, 1.165) is 16.2 Å². The minimum atomic E-state index is -0.710. The molecule has 160 valence electrons. The van der Waals surface area contributed by atoms with Gasteiger partial charge in [0.05, 0.1) is 27.3 Å². The van der Waals surface area contributed by atoms with E-state index in [1.165, 1.54) is 14.2 Å². The van der Waals surface area contributed by atoms with Crippen LogP contribution in [0.4, 0.5) is 4.79 Å². The zero-order valence-electron chi connectivity index (χ0n) is 17.3. The summed E-state index contributed by atoms with van der Waals surface area (Å²) in [6.45, 7) is 0.528. The van der Waals surface area contributed by atoms with Crippen LogP contribution in [0.15, 0.2) is 36.5 Å². The van der Waals surface area contributed by atoms with Crippen LogP contribution in [0.2, 0.25) is 0 Å². The molecule has 1 aromatic heterocycles. The summed E-state index contributed by atoms with van der Waals surface area (Å²) in [5.41, 5.74) is 1.71. The first-order valence-corrected chi connectivity index (χ1v) is 9.62. The van der Waals surface area contributed by atoms with Crippen LogP contribution in [0, 0.1) is 0 Å². The van der Waals surface area contributed by atoms with Gasteiger partial charge in [0.25, 0.3) is 5.91 Å². The fraction of sp³-hybridized carbons (Fsp3) is 0.381. The molecule has 2 aromatic rings.